The quantitative estimate of drug-likeness (QED) is 0.794. The van der Waals surface area contributed by atoms with E-state index in [1.165, 1.54) is 0 Å². The molecule has 0 aromatic carbocycles. The third-order valence-electron chi connectivity index (χ3n) is 3.16. The third-order valence-corrected chi connectivity index (χ3v) is 3.16. The van der Waals surface area contributed by atoms with Crippen molar-refractivity contribution in [2.75, 3.05) is 18.0 Å². The van der Waals surface area contributed by atoms with Gasteiger partial charge in [0, 0.05) is 18.1 Å². The Bertz CT molecular complexity index is 389. The molecular weight excluding hydrogens is 234 g/mol. The van der Waals surface area contributed by atoms with Crippen molar-refractivity contribution in [1.29, 1.82) is 0 Å². The van der Waals surface area contributed by atoms with Crippen LogP contribution in [0.25, 0.3) is 0 Å². The molecule has 19 heavy (non-hydrogen) atoms. The maximum absolute atomic E-state index is 4.58. The Morgan fingerprint density at radius 2 is 2.11 bits per heavy atom. The monoisotopic (exact) mass is 261 g/mol. The fourth-order valence-electron chi connectivity index (χ4n) is 2.12. The van der Waals surface area contributed by atoms with Crippen LogP contribution < -0.4 is 10.2 Å². The summed E-state index contributed by atoms with van der Waals surface area (Å²) in [5.74, 6) is 0. The summed E-state index contributed by atoms with van der Waals surface area (Å²) in [6.07, 6.45) is 3.89. The molecule has 0 fully saturated rings. The first-order chi connectivity index (χ1) is 8.90. The predicted octanol–water partition coefficient (Wildman–Crippen LogP) is 3.54. The van der Waals surface area contributed by atoms with Crippen LogP contribution >= 0.6 is 0 Å². The van der Waals surface area contributed by atoms with E-state index < -0.39 is 0 Å². The molecule has 1 atom stereocenters. The molecule has 0 radical (unpaired) electrons. The van der Waals surface area contributed by atoms with E-state index in [-0.39, 0.29) is 5.54 Å². The van der Waals surface area contributed by atoms with E-state index in [0.29, 0.717) is 6.04 Å². The summed E-state index contributed by atoms with van der Waals surface area (Å²) >= 11 is 0. The first kappa shape index (κ1) is 15.7. The van der Waals surface area contributed by atoms with Gasteiger partial charge in [-0.1, -0.05) is 13.0 Å². The molecule has 0 aliphatic carbocycles. The van der Waals surface area contributed by atoms with E-state index in [4.69, 9.17) is 0 Å². The number of aromatic nitrogens is 1. The molecule has 1 aromatic heterocycles. The average molecular weight is 261 g/mol. The van der Waals surface area contributed by atoms with Crippen molar-refractivity contribution >= 4 is 5.69 Å². The molecule has 1 heterocycles. The van der Waals surface area contributed by atoms with Crippen LogP contribution in [0.15, 0.2) is 31.0 Å². The van der Waals surface area contributed by atoms with Gasteiger partial charge in [0.15, 0.2) is 0 Å². The van der Waals surface area contributed by atoms with Crippen molar-refractivity contribution < 1.29 is 0 Å². The van der Waals surface area contributed by atoms with Gasteiger partial charge in [0.25, 0.3) is 0 Å². The second kappa shape index (κ2) is 6.71. The van der Waals surface area contributed by atoms with Crippen LogP contribution in [0.5, 0.6) is 0 Å². The Morgan fingerprint density at radius 3 is 2.53 bits per heavy atom. The highest BCUT2D eigenvalue weighted by Gasteiger charge is 2.20. The molecular formula is C16H27N3. The maximum atomic E-state index is 4.58. The number of nitrogens with one attached hydrogen (secondary N) is 1. The summed E-state index contributed by atoms with van der Waals surface area (Å²) in [6.45, 7) is 16.5. The zero-order valence-corrected chi connectivity index (χ0v) is 12.9. The number of hydrogen-bond acceptors (Lipinski definition) is 3. The van der Waals surface area contributed by atoms with Crippen LogP contribution in [0, 0.1) is 0 Å². The molecule has 0 saturated heterocycles. The van der Waals surface area contributed by atoms with Crippen LogP contribution in [0.2, 0.25) is 0 Å². The first-order valence-corrected chi connectivity index (χ1v) is 6.98. The summed E-state index contributed by atoms with van der Waals surface area (Å²) in [5, 5.41) is 3.37. The fourth-order valence-corrected chi connectivity index (χ4v) is 2.12. The zero-order chi connectivity index (χ0) is 14.5. The van der Waals surface area contributed by atoms with Gasteiger partial charge in [-0.3, -0.25) is 4.98 Å². The van der Waals surface area contributed by atoms with Gasteiger partial charge in [0.2, 0.25) is 0 Å². The minimum Gasteiger partial charge on any atom is -0.362 e. The lowest BCUT2D eigenvalue weighted by Crippen LogP contribution is -2.41. The molecule has 1 aromatic rings. The van der Waals surface area contributed by atoms with Crippen molar-refractivity contribution in [2.45, 2.75) is 46.2 Å². The van der Waals surface area contributed by atoms with E-state index >= 15 is 0 Å². The minimum absolute atomic E-state index is 0.0602. The van der Waals surface area contributed by atoms with Crippen molar-refractivity contribution in [3.05, 3.63) is 36.7 Å². The third kappa shape index (κ3) is 4.35. The molecule has 1 N–H and O–H groups in total. The van der Waals surface area contributed by atoms with Gasteiger partial charge in [-0.15, -0.1) is 6.58 Å². The lowest BCUT2D eigenvalue weighted by Gasteiger charge is -2.36. The van der Waals surface area contributed by atoms with Gasteiger partial charge < -0.3 is 10.2 Å². The summed E-state index contributed by atoms with van der Waals surface area (Å²) < 4.78 is 0. The van der Waals surface area contributed by atoms with Crippen LogP contribution in [0.1, 0.15) is 46.4 Å². The van der Waals surface area contributed by atoms with Gasteiger partial charge in [0.05, 0.1) is 17.6 Å². The van der Waals surface area contributed by atoms with Gasteiger partial charge >= 0.3 is 0 Å². The van der Waals surface area contributed by atoms with Crippen LogP contribution in [0.4, 0.5) is 5.69 Å². The van der Waals surface area contributed by atoms with E-state index in [1.807, 2.05) is 12.3 Å². The lowest BCUT2D eigenvalue weighted by atomic mass is 10.0. The Morgan fingerprint density at radius 1 is 1.42 bits per heavy atom. The highest BCUT2D eigenvalue weighted by Crippen LogP contribution is 2.24. The Hall–Kier alpha value is -1.35. The van der Waals surface area contributed by atoms with Crippen molar-refractivity contribution in [3.8, 4) is 0 Å². The van der Waals surface area contributed by atoms with Gasteiger partial charge in [0.1, 0.15) is 0 Å². The van der Waals surface area contributed by atoms with Gasteiger partial charge in [-0.05, 0) is 46.4 Å². The summed E-state index contributed by atoms with van der Waals surface area (Å²) in [4.78, 5) is 6.88. The molecule has 0 amide bonds. The highest BCUT2D eigenvalue weighted by atomic mass is 15.2. The predicted molar refractivity (Wildman–Crippen MR) is 83.6 cm³/mol. The number of hydrogen-bond donors (Lipinski definition) is 1. The molecule has 0 aliphatic heterocycles. The molecule has 1 unspecified atom stereocenters. The average Bonchev–Trinajstić information content (AvgIpc) is 2.35. The van der Waals surface area contributed by atoms with E-state index in [1.54, 1.807) is 0 Å². The van der Waals surface area contributed by atoms with Crippen LogP contribution in [-0.4, -0.2) is 23.6 Å². The molecule has 106 valence electrons. The summed E-state index contributed by atoms with van der Waals surface area (Å²) in [5.41, 5.74) is 2.28. The standard InChI is InChI=1S/C16H27N3/c1-7-11-19(16(4,5)6)14-9-10-15(18-12-14)13(3)17-8-2/h7,9-10,12-13,17H,1,8,11H2,2-6H3. The van der Waals surface area contributed by atoms with Gasteiger partial charge in [-0.25, -0.2) is 0 Å². The molecule has 0 spiro atoms. The summed E-state index contributed by atoms with van der Waals surface area (Å²) in [6, 6.07) is 4.54. The largest absolute Gasteiger partial charge is 0.362 e. The minimum atomic E-state index is 0.0602. The lowest BCUT2D eigenvalue weighted by molar-refractivity contribution is 0.521. The van der Waals surface area contributed by atoms with Crippen LogP contribution in [-0.2, 0) is 0 Å². The normalized spacial score (nSPS) is 13.1. The zero-order valence-electron chi connectivity index (χ0n) is 12.9. The van der Waals surface area contributed by atoms with E-state index in [2.05, 4.69) is 68.5 Å². The highest BCUT2D eigenvalue weighted by molar-refractivity contribution is 5.47. The SMILES string of the molecule is C=CCN(c1ccc(C(C)NCC)nc1)C(C)(C)C. The number of anilines is 1. The molecule has 0 saturated carbocycles. The topological polar surface area (TPSA) is 28.2 Å². The van der Waals surface area contributed by atoms with E-state index in [9.17, 15) is 0 Å². The Balaban J connectivity index is 2.92. The molecule has 3 heteroatoms. The second-order valence-corrected chi connectivity index (χ2v) is 5.79. The fraction of sp³-hybridized carbons (Fsp3) is 0.562. The molecule has 1 rings (SSSR count). The second-order valence-electron chi connectivity index (χ2n) is 5.79. The smallest absolute Gasteiger partial charge is 0.0572 e. The number of rotatable bonds is 6. The molecule has 3 nitrogen and oxygen atoms in total. The van der Waals surface area contributed by atoms with Crippen molar-refractivity contribution in [1.82, 2.24) is 10.3 Å². The first-order valence-electron chi connectivity index (χ1n) is 6.98. The number of nitrogens with zero attached hydrogens (tertiary/aromatic N) is 2. The summed E-state index contributed by atoms with van der Waals surface area (Å²) in [7, 11) is 0. The van der Waals surface area contributed by atoms with Crippen molar-refractivity contribution in [2.24, 2.45) is 0 Å². The molecule has 0 bridgehead atoms. The van der Waals surface area contributed by atoms with Crippen LogP contribution in [0.3, 0.4) is 0 Å². The molecule has 0 aliphatic rings. The maximum Gasteiger partial charge on any atom is 0.0572 e. The van der Waals surface area contributed by atoms with Crippen molar-refractivity contribution in [3.63, 3.8) is 0 Å². The van der Waals surface area contributed by atoms with E-state index in [0.717, 1.165) is 24.5 Å². The Kier molecular flexibility index (Phi) is 5.55. The Labute approximate surface area is 117 Å². The number of pyridine rings is 1. The van der Waals surface area contributed by atoms with Gasteiger partial charge in [-0.2, -0.15) is 0 Å².